The first-order valence-corrected chi connectivity index (χ1v) is 13.4. The van der Waals surface area contributed by atoms with Gasteiger partial charge in [0, 0.05) is 0 Å². The van der Waals surface area contributed by atoms with Crippen molar-refractivity contribution in [3.63, 3.8) is 0 Å². The molecule has 0 bridgehead atoms. The van der Waals surface area contributed by atoms with E-state index in [1.54, 1.807) is 16.7 Å². The molecule has 180 valence electrons. The van der Waals surface area contributed by atoms with Crippen LogP contribution in [0.2, 0.25) is 0 Å². The van der Waals surface area contributed by atoms with Crippen molar-refractivity contribution >= 4 is 0 Å². The van der Waals surface area contributed by atoms with Crippen LogP contribution in [0.15, 0.2) is 47.1 Å². The highest BCUT2D eigenvalue weighted by Gasteiger charge is 2.57. The molecule has 2 heteroatoms. The summed E-state index contributed by atoms with van der Waals surface area (Å²) in [5, 5.41) is 10.8. The summed E-state index contributed by atoms with van der Waals surface area (Å²) in [6.45, 7) is 15.0. The molecule has 1 aromatic rings. The van der Waals surface area contributed by atoms with Crippen LogP contribution in [-0.2, 0) is 0 Å². The van der Waals surface area contributed by atoms with Crippen molar-refractivity contribution in [1.82, 2.24) is 0 Å². The van der Waals surface area contributed by atoms with E-state index in [4.69, 9.17) is 4.74 Å². The van der Waals surface area contributed by atoms with Crippen molar-refractivity contribution in [2.45, 2.75) is 92.6 Å². The fourth-order valence-corrected chi connectivity index (χ4v) is 8.55. The van der Waals surface area contributed by atoms with Crippen LogP contribution in [0.3, 0.4) is 0 Å². The molecular formula is C31H44O2. The highest BCUT2D eigenvalue weighted by atomic mass is 16.5. The van der Waals surface area contributed by atoms with Crippen LogP contribution in [0.1, 0.15) is 85.1 Å². The van der Waals surface area contributed by atoms with Crippen molar-refractivity contribution in [1.29, 1.82) is 0 Å². The van der Waals surface area contributed by atoms with Crippen molar-refractivity contribution in [2.24, 2.45) is 34.0 Å². The number of benzene rings is 1. The van der Waals surface area contributed by atoms with Gasteiger partial charge >= 0.3 is 0 Å². The number of aryl methyl sites for hydroxylation is 1. The summed E-state index contributed by atoms with van der Waals surface area (Å²) in [7, 11) is 0. The Kier molecular flexibility index (Phi) is 5.63. The molecule has 4 aliphatic rings. The third kappa shape index (κ3) is 3.54. The maximum Gasteiger partial charge on any atom is 0.119 e. The van der Waals surface area contributed by atoms with Crippen molar-refractivity contribution < 1.29 is 9.84 Å². The van der Waals surface area contributed by atoms with E-state index in [1.807, 2.05) is 0 Å². The first-order chi connectivity index (χ1) is 15.6. The van der Waals surface area contributed by atoms with Gasteiger partial charge in [0.15, 0.2) is 0 Å². The molecule has 1 aromatic carbocycles. The van der Waals surface area contributed by atoms with Crippen LogP contribution in [0, 0.1) is 40.9 Å². The van der Waals surface area contributed by atoms with Crippen LogP contribution >= 0.6 is 0 Å². The third-order valence-corrected chi connectivity index (χ3v) is 10.6. The van der Waals surface area contributed by atoms with E-state index in [2.05, 4.69) is 71.9 Å². The summed E-state index contributed by atoms with van der Waals surface area (Å²) in [6.07, 6.45) is 10.7. The van der Waals surface area contributed by atoms with Crippen molar-refractivity contribution in [3.05, 3.63) is 52.6 Å². The van der Waals surface area contributed by atoms with Gasteiger partial charge in [0.05, 0.1) is 12.7 Å². The fourth-order valence-electron chi connectivity index (χ4n) is 8.55. The summed E-state index contributed by atoms with van der Waals surface area (Å²) in [6, 6.07) is 8.46. The van der Waals surface area contributed by atoms with Gasteiger partial charge in [-0.1, -0.05) is 64.0 Å². The first-order valence-electron chi connectivity index (χ1n) is 13.4. The molecule has 1 N–H and O–H groups in total. The fraction of sp³-hybridized carbons (Fsp3) is 0.677. The molecule has 0 saturated heterocycles. The Morgan fingerprint density at radius 2 is 1.73 bits per heavy atom. The lowest BCUT2D eigenvalue weighted by Gasteiger charge is -2.59. The van der Waals surface area contributed by atoms with Gasteiger partial charge in [-0.3, -0.25) is 0 Å². The van der Waals surface area contributed by atoms with Gasteiger partial charge in [-0.05, 0) is 109 Å². The Balaban J connectivity index is 1.36. The van der Waals surface area contributed by atoms with Crippen molar-refractivity contribution in [3.8, 4) is 5.75 Å². The minimum atomic E-state index is -0.156. The van der Waals surface area contributed by atoms with Gasteiger partial charge < -0.3 is 9.84 Å². The molecular weight excluding hydrogens is 404 g/mol. The van der Waals surface area contributed by atoms with Gasteiger partial charge in [0.2, 0.25) is 0 Å². The Morgan fingerprint density at radius 3 is 2.45 bits per heavy atom. The standard InChI is InChI=1S/C31H44O2/c1-20-7-9-22(10-8-20)33-19-21(2)24-12-13-25-23-11-14-27-29(3,4)28(32)16-18-31(27,6)26(23)15-17-30(24,25)5/h7-10,13,21,24,27-28,32H,11-12,14-19H2,1-6H3/t21-,24-,27+,28+,30-,31-/m1/s1. The predicted octanol–water partition coefficient (Wildman–Crippen LogP) is 7.65. The number of rotatable bonds is 4. The lowest BCUT2D eigenvalue weighted by atomic mass is 9.46. The number of ether oxygens (including phenoxy) is 1. The lowest BCUT2D eigenvalue weighted by Crippen LogP contribution is -2.53. The summed E-state index contributed by atoms with van der Waals surface area (Å²) in [5.41, 5.74) is 6.98. The molecule has 4 aliphatic carbocycles. The zero-order chi connectivity index (χ0) is 23.6. The van der Waals surface area contributed by atoms with Gasteiger partial charge in [-0.25, -0.2) is 0 Å². The number of hydrogen-bond donors (Lipinski definition) is 1. The van der Waals surface area contributed by atoms with E-state index in [-0.39, 0.29) is 22.3 Å². The molecule has 0 amide bonds. The van der Waals surface area contributed by atoms with E-state index in [0.717, 1.165) is 25.2 Å². The number of aliphatic hydroxyl groups is 1. The van der Waals surface area contributed by atoms with E-state index in [9.17, 15) is 5.11 Å². The molecule has 6 atom stereocenters. The molecule has 0 heterocycles. The third-order valence-electron chi connectivity index (χ3n) is 10.6. The second-order valence-corrected chi connectivity index (χ2v) is 12.8. The Hall–Kier alpha value is -1.54. The summed E-state index contributed by atoms with van der Waals surface area (Å²) in [5.74, 6) is 2.77. The molecule has 0 radical (unpaired) electrons. The predicted molar refractivity (Wildman–Crippen MR) is 136 cm³/mol. The van der Waals surface area contributed by atoms with Crippen LogP contribution in [0.5, 0.6) is 5.75 Å². The summed E-state index contributed by atoms with van der Waals surface area (Å²) >= 11 is 0. The SMILES string of the molecule is Cc1ccc(OC[C@@H](C)[C@H]2CC=C3C4=C(CC[C@@]32C)[C@@]2(C)CC[C@H](O)C(C)(C)[C@@H]2CC4)cc1. The van der Waals surface area contributed by atoms with Crippen LogP contribution < -0.4 is 4.74 Å². The number of allylic oxidation sites excluding steroid dienone is 4. The number of fused-ring (bicyclic) bond motifs is 4. The minimum absolute atomic E-state index is 0.0146. The van der Waals surface area contributed by atoms with Gasteiger partial charge in [0.25, 0.3) is 0 Å². The Morgan fingerprint density at radius 1 is 1.00 bits per heavy atom. The second-order valence-electron chi connectivity index (χ2n) is 12.8. The molecule has 1 fully saturated rings. The largest absolute Gasteiger partial charge is 0.493 e. The summed E-state index contributed by atoms with van der Waals surface area (Å²) < 4.78 is 6.23. The number of hydrogen-bond acceptors (Lipinski definition) is 2. The average Bonchev–Trinajstić information content (AvgIpc) is 3.13. The number of aliphatic hydroxyl groups excluding tert-OH is 1. The molecule has 0 spiro atoms. The van der Waals surface area contributed by atoms with E-state index in [1.165, 1.54) is 37.7 Å². The Labute approximate surface area is 201 Å². The van der Waals surface area contributed by atoms with E-state index < -0.39 is 0 Å². The molecule has 0 aliphatic heterocycles. The second kappa shape index (κ2) is 8.01. The smallest absolute Gasteiger partial charge is 0.119 e. The van der Waals surface area contributed by atoms with E-state index >= 15 is 0 Å². The monoisotopic (exact) mass is 448 g/mol. The molecule has 2 nitrogen and oxygen atoms in total. The lowest BCUT2D eigenvalue weighted by molar-refractivity contribution is -0.0905. The highest BCUT2D eigenvalue weighted by molar-refractivity contribution is 5.50. The van der Waals surface area contributed by atoms with E-state index in [0.29, 0.717) is 17.8 Å². The minimum Gasteiger partial charge on any atom is -0.493 e. The molecule has 1 saturated carbocycles. The van der Waals surface area contributed by atoms with Gasteiger partial charge in [0.1, 0.15) is 5.75 Å². The highest BCUT2D eigenvalue weighted by Crippen LogP contribution is 2.66. The molecule has 0 unspecified atom stereocenters. The molecule has 0 aromatic heterocycles. The zero-order valence-electron chi connectivity index (χ0n) is 21.7. The maximum atomic E-state index is 10.8. The normalized spacial score (nSPS) is 38.2. The molecule has 5 rings (SSSR count). The maximum absolute atomic E-state index is 10.8. The summed E-state index contributed by atoms with van der Waals surface area (Å²) in [4.78, 5) is 0. The van der Waals surface area contributed by atoms with Crippen LogP contribution in [0.25, 0.3) is 0 Å². The topological polar surface area (TPSA) is 29.5 Å². The quantitative estimate of drug-likeness (QED) is 0.512. The van der Waals surface area contributed by atoms with Crippen LogP contribution in [-0.4, -0.2) is 17.8 Å². The molecule has 33 heavy (non-hydrogen) atoms. The van der Waals surface area contributed by atoms with Crippen LogP contribution in [0.4, 0.5) is 0 Å². The van der Waals surface area contributed by atoms with Gasteiger partial charge in [-0.15, -0.1) is 0 Å². The zero-order valence-corrected chi connectivity index (χ0v) is 21.7. The first kappa shape index (κ1) is 23.2. The average molecular weight is 449 g/mol. The van der Waals surface area contributed by atoms with Gasteiger partial charge in [-0.2, -0.15) is 0 Å². The Bertz CT molecular complexity index is 967. The van der Waals surface area contributed by atoms with Crippen molar-refractivity contribution in [2.75, 3.05) is 6.61 Å².